The number of halogens is 1. The molecular formula is C27H23FN8O2. The van der Waals surface area contributed by atoms with Gasteiger partial charge in [0.15, 0.2) is 6.23 Å². The van der Waals surface area contributed by atoms with E-state index in [-0.39, 0.29) is 17.3 Å². The van der Waals surface area contributed by atoms with Crippen molar-refractivity contribution in [2.45, 2.75) is 19.2 Å². The number of aliphatic imine (C=N–C) groups is 1. The lowest BCUT2D eigenvalue weighted by molar-refractivity contribution is 0.186. The molecule has 2 atom stereocenters. The second-order valence-corrected chi connectivity index (χ2v) is 8.49. The van der Waals surface area contributed by atoms with Gasteiger partial charge in [-0.2, -0.15) is 10.2 Å². The third-order valence-electron chi connectivity index (χ3n) is 6.08. The zero-order valence-corrected chi connectivity index (χ0v) is 20.5. The van der Waals surface area contributed by atoms with Crippen molar-refractivity contribution >= 4 is 29.0 Å². The van der Waals surface area contributed by atoms with Crippen molar-refractivity contribution < 1.29 is 14.2 Å². The molecule has 2 aromatic heterocycles. The topological polar surface area (TPSA) is 146 Å². The summed E-state index contributed by atoms with van der Waals surface area (Å²) in [7, 11) is 1.53. The summed E-state index contributed by atoms with van der Waals surface area (Å²) >= 11 is 0. The van der Waals surface area contributed by atoms with Gasteiger partial charge in [0.25, 0.3) is 0 Å². The number of benzene rings is 2. The average Bonchev–Trinajstić information content (AvgIpc) is 2.92. The first-order valence-electron chi connectivity index (χ1n) is 11.6. The molecule has 10 nitrogen and oxygen atoms in total. The Morgan fingerprint density at radius 1 is 1.18 bits per heavy atom. The Morgan fingerprint density at radius 3 is 2.76 bits per heavy atom. The number of nitrogens with one attached hydrogen (secondary N) is 1. The largest absolute Gasteiger partial charge is 0.481 e. The number of fused-ring (bicyclic) bond motifs is 1. The molecule has 0 fully saturated rings. The lowest BCUT2D eigenvalue weighted by Crippen LogP contribution is -2.46. The van der Waals surface area contributed by atoms with Gasteiger partial charge in [-0.25, -0.2) is 19.4 Å². The van der Waals surface area contributed by atoms with Crippen LogP contribution < -0.4 is 20.7 Å². The Kier molecular flexibility index (Phi) is 6.55. The molecular weight excluding hydrogens is 487 g/mol. The first-order chi connectivity index (χ1) is 18.4. The van der Waals surface area contributed by atoms with Crippen LogP contribution in [0.25, 0.3) is 11.1 Å². The van der Waals surface area contributed by atoms with Crippen molar-refractivity contribution in [3.63, 3.8) is 0 Å². The minimum Gasteiger partial charge on any atom is -0.481 e. The van der Waals surface area contributed by atoms with E-state index >= 15 is 0 Å². The van der Waals surface area contributed by atoms with E-state index in [9.17, 15) is 14.8 Å². The Morgan fingerprint density at radius 2 is 2.00 bits per heavy atom. The highest BCUT2D eigenvalue weighted by Crippen LogP contribution is 2.43. The number of anilines is 3. The number of ether oxygens (including phenoxy) is 1. The molecule has 4 aromatic rings. The van der Waals surface area contributed by atoms with Crippen LogP contribution >= 0.6 is 0 Å². The summed E-state index contributed by atoms with van der Waals surface area (Å²) in [4.78, 5) is 18.6. The monoisotopic (exact) mass is 510 g/mol. The molecule has 1 aliphatic heterocycles. The maximum atomic E-state index is 14.3. The van der Waals surface area contributed by atoms with Crippen molar-refractivity contribution in [1.82, 2.24) is 15.0 Å². The first-order valence-corrected chi connectivity index (χ1v) is 11.6. The summed E-state index contributed by atoms with van der Waals surface area (Å²) in [6.45, 7) is 1.79. The third kappa shape index (κ3) is 4.56. The molecule has 11 heteroatoms. The summed E-state index contributed by atoms with van der Waals surface area (Å²) in [6.07, 6.45) is 1.71. The summed E-state index contributed by atoms with van der Waals surface area (Å²) in [6, 6.07) is 16.4. The highest BCUT2D eigenvalue weighted by atomic mass is 19.1. The molecule has 0 aliphatic carbocycles. The van der Waals surface area contributed by atoms with E-state index in [1.54, 1.807) is 42.3 Å². The number of nitrogens with zero attached hydrogens (tertiary/aromatic N) is 6. The lowest BCUT2D eigenvalue weighted by atomic mass is 9.95. The van der Waals surface area contributed by atoms with Gasteiger partial charge in [-0.15, -0.1) is 0 Å². The number of aliphatic hydroxyl groups excluding tert-OH is 1. The Bertz CT molecular complexity index is 1590. The van der Waals surface area contributed by atoms with E-state index in [1.165, 1.54) is 25.4 Å². The van der Waals surface area contributed by atoms with Crippen LogP contribution in [0.15, 0.2) is 72.0 Å². The van der Waals surface area contributed by atoms with Crippen molar-refractivity contribution in [2.75, 3.05) is 23.1 Å². The number of amidine groups is 1. The number of nitriles is 1. The molecule has 0 amide bonds. The number of aromatic nitrogens is 3. The molecule has 0 spiro atoms. The van der Waals surface area contributed by atoms with Crippen LogP contribution in [0.1, 0.15) is 24.3 Å². The molecule has 3 heterocycles. The number of hydrogen-bond acceptors (Lipinski definition) is 10. The quantitative estimate of drug-likeness (QED) is 0.348. The van der Waals surface area contributed by atoms with Crippen LogP contribution in [0, 0.1) is 17.1 Å². The molecule has 190 valence electrons. The molecule has 0 bridgehead atoms. The van der Waals surface area contributed by atoms with Crippen molar-refractivity contribution in [3.8, 4) is 23.1 Å². The van der Waals surface area contributed by atoms with Crippen LogP contribution in [0.5, 0.6) is 5.88 Å². The van der Waals surface area contributed by atoms with Crippen LogP contribution in [0.2, 0.25) is 0 Å². The number of pyridine rings is 1. The SMILES string of the molecule is COc1cc(-c2cccc3c2C(O)N(c2cccc(F)c2)C(C(C)Nc2nc(N)ncc2C#N)=N3)ccn1. The van der Waals surface area contributed by atoms with E-state index in [0.717, 1.165) is 11.1 Å². The van der Waals surface area contributed by atoms with Crippen molar-refractivity contribution in [3.05, 3.63) is 83.9 Å². The van der Waals surface area contributed by atoms with Crippen molar-refractivity contribution in [2.24, 2.45) is 4.99 Å². The number of rotatable bonds is 6. The molecule has 5 rings (SSSR count). The smallest absolute Gasteiger partial charge is 0.222 e. The molecule has 2 unspecified atom stereocenters. The fourth-order valence-electron chi connectivity index (χ4n) is 4.36. The maximum Gasteiger partial charge on any atom is 0.222 e. The molecule has 0 saturated carbocycles. The van der Waals surface area contributed by atoms with Crippen LogP contribution in [-0.4, -0.2) is 39.0 Å². The van der Waals surface area contributed by atoms with Gasteiger partial charge >= 0.3 is 0 Å². The van der Waals surface area contributed by atoms with Gasteiger partial charge in [0.1, 0.15) is 29.1 Å². The van der Waals surface area contributed by atoms with Crippen LogP contribution in [0.3, 0.4) is 0 Å². The zero-order chi connectivity index (χ0) is 26.8. The van der Waals surface area contributed by atoms with Crippen LogP contribution in [0.4, 0.5) is 27.5 Å². The predicted octanol–water partition coefficient (Wildman–Crippen LogP) is 4.18. The van der Waals surface area contributed by atoms with Gasteiger partial charge in [0.05, 0.1) is 25.0 Å². The Labute approximate surface area is 217 Å². The molecule has 2 aromatic carbocycles. The number of methoxy groups -OCH3 is 1. The van der Waals surface area contributed by atoms with Crippen molar-refractivity contribution in [1.29, 1.82) is 5.26 Å². The second-order valence-electron chi connectivity index (χ2n) is 8.49. The predicted molar refractivity (Wildman–Crippen MR) is 141 cm³/mol. The highest BCUT2D eigenvalue weighted by Gasteiger charge is 2.35. The Balaban J connectivity index is 1.66. The minimum absolute atomic E-state index is 0.00549. The maximum absolute atomic E-state index is 14.3. The number of nitrogen functional groups attached to an aromatic ring is 1. The zero-order valence-electron chi connectivity index (χ0n) is 20.5. The lowest BCUT2D eigenvalue weighted by Gasteiger charge is -2.38. The van der Waals surface area contributed by atoms with Crippen LogP contribution in [-0.2, 0) is 0 Å². The van der Waals surface area contributed by atoms with Gasteiger partial charge in [0, 0.05) is 23.5 Å². The van der Waals surface area contributed by atoms with E-state index in [0.29, 0.717) is 28.7 Å². The summed E-state index contributed by atoms with van der Waals surface area (Å²) in [5.41, 5.74) is 8.87. The van der Waals surface area contributed by atoms with Gasteiger partial charge in [-0.05, 0) is 48.4 Å². The highest BCUT2D eigenvalue weighted by molar-refractivity contribution is 6.06. The van der Waals surface area contributed by atoms with Gasteiger partial charge in [-0.1, -0.05) is 18.2 Å². The van der Waals surface area contributed by atoms with Gasteiger partial charge in [-0.3, -0.25) is 4.90 Å². The first kappa shape index (κ1) is 24.6. The minimum atomic E-state index is -1.23. The molecule has 4 N–H and O–H groups in total. The van der Waals surface area contributed by atoms with E-state index in [4.69, 9.17) is 15.5 Å². The normalized spacial score (nSPS) is 15.2. The van der Waals surface area contributed by atoms with Gasteiger partial charge < -0.3 is 20.9 Å². The summed E-state index contributed by atoms with van der Waals surface area (Å²) in [5.74, 6) is 0.539. The fourth-order valence-corrected chi connectivity index (χ4v) is 4.36. The number of aliphatic hydroxyl groups is 1. The molecule has 1 aliphatic rings. The number of hydrogen-bond donors (Lipinski definition) is 3. The van der Waals surface area contributed by atoms with E-state index < -0.39 is 18.1 Å². The molecule has 0 radical (unpaired) electrons. The average molecular weight is 511 g/mol. The van der Waals surface area contributed by atoms with Gasteiger partial charge in [0.2, 0.25) is 11.8 Å². The van der Waals surface area contributed by atoms with E-state index in [1.807, 2.05) is 24.3 Å². The molecule has 0 saturated heterocycles. The molecule has 38 heavy (non-hydrogen) atoms. The standard InChI is InChI=1S/C27H23FN8O2/c1-15(33-24-17(13-29)14-32-27(30)35-24)25-34-21-8-4-7-20(16-9-10-31-22(11-16)38-2)23(21)26(37)36(25)19-6-3-5-18(28)12-19/h3-12,14-15,26,37H,1-2H3,(H3,30,32,33,35). The second kappa shape index (κ2) is 10.1. The van der Waals surface area contributed by atoms with E-state index in [2.05, 4.69) is 20.3 Å². The fraction of sp³-hybridized carbons (Fsp3) is 0.148. The summed E-state index contributed by atoms with van der Waals surface area (Å²) < 4.78 is 19.6. The third-order valence-corrected chi connectivity index (χ3v) is 6.08. The summed E-state index contributed by atoms with van der Waals surface area (Å²) in [5, 5.41) is 24.5. The Hall–Kier alpha value is -5.08. The number of nitrogens with two attached hydrogens (primary N) is 1.